The van der Waals surface area contributed by atoms with E-state index in [0.717, 1.165) is 35.4 Å². The molecule has 3 aromatic carbocycles. The Morgan fingerprint density at radius 3 is 2.68 bits per heavy atom. The number of rotatable bonds is 10. The highest BCUT2D eigenvalue weighted by molar-refractivity contribution is 5.87. The van der Waals surface area contributed by atoms with Crippen LogP contribution in [-0.2, 0) is 17.9 Å². The Kier molecular flexibility index (Phi) is 8.43. The first-order valence-electron chi connectivity index (χ1n) is 13.1. The lowest BCUT2D eigenvalue weighted by molar-refractivity contribution is -0.125. The third-order valence-electron chi connectivity index (χ3n) is 7.13. The van der Waals surface area contributed by atoms with Crippen LogP contribution in [-0.4, -0.2) is 48.1 Å². The number of pyridine rings is 1. The van der Waals surface area contributed by atoms with Gasteiger partial charge in [-0.3, -0.25) is 14.7 Å². The van der Waals surface area contributed by atoms with Crippen molar-refractivity contribution in [3.63, 3.8) is 0 Å². The number of aromatic nitrogens is 1. The second kappa shape index (κ2) is 12.5. The van der Waals surface area contributed by atoms with E-state index >= 15 is 0 Å². The first-order valence-corrected chi connectivity index (χ1v) is 13.1. The first kappa shape index (κ1) is 25.6. The molecule has 38 heavy (non-hydrogen) atoms. The highest BCUT2D eigenvalue weighted by Crippen LogP contribution is 2.28. The summed E-state index contributed by atoms with van der Waals surface area (Å²) in [4.78, 5) is 19.7. The van der Waals surface area contributed by atoms with E-state index in [2.05, 4.69) is 75.1 Å². The molecule has 0 saturated carbocycles. The van der Waals surface area contributed by atoms with Crippen LogP contribution < -0.4 is 15.4 Å². The molecule has 2 N–H and O–H groups in total. The molecule has 6 heteroatoms. The number of likely N-dealkylation sites (tertiary alicyclic amines) is 1. The van der Waals surface area contributed by atoms with Gasteiger partial charge in [0.15, 0.2) is 0 Å². The summed E-state index contributed by atoms with van der Waals surface area (Å²) in [6, 6.07) is 26.6. The average Bonchev–Trinajstić information content (AvgIpc) is 3.38. The van der Waals surface area contributed by atoms with Gasteiger partial charge in [-0.2, -0.15) is 0 Å². The molecule has 4 aromatic rings. The van der Waals surface area contributed by atoms with Gasteiger partial charge < -0.3 is 15.4 Å². The topological polar surface area (TPSA) is 66.5 Å². The fourth-order valence-corrected chi connectivity index (χ4v) is 5.16. The molecule has 1 aromatic heterocycles. The summed E-state index contributed by atoms with van der Waals surface area (Å²) < 4.78 is 5.69. The van der Waals surface area contributed by atoms with E-state index in [0.29, 0.717) is 19.6 Å². The molecule has 0 aliphatic carbocycles. The van der Waals surface area contributed by atoms with E-state index in [1.54, 1.807) is 19.5 Å². The summed E-state index contributed by atoms with van der Waals surface area (Å²) in [6.45, 7) is 2.64. The van der Waals surface area contributed by atoms with Crippen molar-refractivity contribution < 1.29 is 9.53 Å². The summed E-state index contributed by atoms with van der Waals surface area (Å²) in [5.41, 5.74) is 3.29. The van der Waals surface area contributed by atoms with Gasteiger partial charge in [0.2, 0.25) is 5.91 Å². The summed E-state index contributed by atoms with van der Waals surface area (Å²) in [5, 5.41) is 9.23. The molecular weight excluding hydrogens is 472 g/mol. The smallest absolute Gasteiger partial charge is 0.237 e. The van der Waals surface area contributed by atoms with Crippen LogP contribution in [0.3, 0.4) is 0 Å². The fourth-order valence-electron chi connectivity index (χ4n) is 5.16. The predicted octanol–water partition coefficient (Wildman–Crippen LogP) is 4.81. The molecule has 6 nitrogen and oxygen atoms in total. The monoisotopic (exact) mass is 506 g/mol. The Morgan fingerprint density at radius 2 is 1.87 bits per heavy atom. The summed E-state index contributed by atoms with van der Waals surface area (Å²) in [6.07, 6.45) is 8.53. The lowest BCUT2D eigenvalue weighted by Crippen LogP contribution is -2.43. The zero-order valence-corrected chi connectivity index (χ0v) is 21.7. The highest BCUT2D eigenvalue weighted by Gasteiger charge is 2.36. The van der Waals surface area contributed by atoms with Gasteiger partial charge in [0, 0.05) is 50.2 Å². The number of hydrogen-bond donors (Lipinski definition) is 2. The van der Waals surface area contributed by atoms with E-state index in [4.69, 9.17) is 4.74 Å². The van der Waals surface area contributed by atoms with Crippen molar-refractivity contribution in [3.05, 3.63) is 114 Å². The Morgan fingerprint density at radius 1 is 1.03 bits per heavy atom. The molecular formula is C32H34N4O2. The number of benzene rings is 3. The van der Waals surface area contributed by atoms with Gasteiger partial charge in [0.25, 0.3) is 0 Å². The summed E-state index contributed by atoms with van der Waals surface area (Å²) in [7, 11) is 1.71. The SMILES string of the molecule is COc1ccc2ccccc2c1CN[C@H]1C[C@@H](C(=O)NCc2cccnc2)N(C/C=C/c2ccccc2)C1. The lowest BCUT2D eigenvalue weighted by atomic mass is 10.0. The maximum Gasteiger partial charge on any atom is 0.237 e. The quantitative estimate of drug-likeness (QED) is 0.323. The van der Waals surface area contributed by atoms with Crippen LogP contribution >= 0.6 is 0 Å². The Labute approximate surface area is 224 Å². The van der Waals surface area contributed by atoms with E-state index in [1.807, 2.05) is 36.4 Å². The van der Waals surface area contributed by atoms with E-state index in [1.165, 1.54) is 10.8 Å². The van der Waals surface area contributed by atoms with Crippen molar-refractivity contribution in [2.45, 2.75) is 31.6 Å². The zero-order chi connectivity index (χ0) is 26.2. The number of nitrogens with zero attached hydrogens (tertiary/aromatic N) is 2. The van der Waals surface area contributed by atoms with Crippen LogP contribution in [0.5, 0.6) is 5.75 Å². The highest BCUT2D eigenvalue weighted by atomic mass is 16.5. The van der Waals surface area contributed by atoms with E-state index in [-0.39, 0.29) is 18.0 Å². The number of amides is 1. The maximum atomic E-state index is 13.3. The largest absolute Gasteiger partial charge is 0.496 e. The summed E-state index contributed by atoms with van der Waals surface area (Å²) in [5.74, 6) is 0.927. The van der Waals surface area contributed by atoms with Crippen LogP contribution in [0.1, 0.15) is 23.1 Å². The molecule has 1 aliphatic heterocycles. The average molecular weight is 507 g/mol. The molecule has 194 valence electrons. The van der Waals surface area contributed by atoms with Crippen LogP contribution in [0.15, 0.2) is 97.3 Å². The number of hydrogen-bond acceptors (Lipinski definition) is 5. The molecule has 1 amide bonds. The molecule has 1 saturated heterocycles. The number of fused-ring (bicyclic) bond motifs is 1. The summed E-state index contributed by atoms with van der Waals surface area (Å²) >= 11 is 0. The number of carbonyl (C=O) groups excluding carboxylic acids is 1. The van der Waals surface area contributed by atoms with Gasteiger partial charge in [-0.25, -0.2) is 0 Å². The van der Waals surface area contributed by atoms with E-state index < -0.39 is 0 Å². The fraction of sp³-hybridized carbons (Fsp3) is 0.250. The minimum Gasteiger partial charge on any atom is -0.496 e. The predicted molar refractivity (Wildman–Crippen MR) is 153 cm³/mol. The molecule has 0 spiro atoms. The van der Waals surface area contributed by atoms with Crippen LogP contribution in [0.2, 0.25) is 0 Å². The molecule has 0 bridgehead atoms. The van der Waals surface area contributed by atoms with Gasteiger partial charge in [-0.15, -0.1) is 0 Å². The maximum absolute atomic E-state index is 13.3. The van der Waals surface area contributed by atoms with Crippen molar-refractivity contribution in [1.29, 1.82) is 0 Å². The van der Waals surface area contributed by atoms with Crippen molar-refractivity contribution in [3.8, 4) is 5.75 Å². The second-order valence-electron chi connectivity index (χ2n) is 9.64. The van der Waals surface area contributed by atoms with Gasteiger partial charge in [0.05, 0.1) is 13.2 Å². The van der Waals surface area contributed by atoms with Crippen molar-refractivity contribution in [2.24, 2.45) is 0 Å². The molecule has 0 unspecified atom stereocenters. The third-order valence-corrected chi connectivity index (χ3v) is 7.13. The normalized spacial score (nSPS) is 17.7. The number of carbonyl (C=O) groups is 1. The Balaban J connectivity index is 1.28. The molecule has 0 radical (unpaired) electrons. The number of methoxy groups -OCH3 is 1. The lowest BCUT2D eigenvalue weighted by Gasteiger charge is -2.22. The minimum atomic E-state index is -0.209. The molecule has 1 aliphatic rings. The number of nitrogens with one attached hydrogen (secondary N) is 2. The molecule has 5 rings (SSSR count). The Bertz CT molecular complexity index is 1370. The second-order valence-corrected chi connectivity index (χ2v) is 9.64. The molecule has 2 heterocycles. The first-order chi connectivity index (χ1) is 18.7. The van der Waals surface area contributed by atoms with Crippen LogP contribution in [0.4, 0.5) is 0 Å². The molecule has 1 fully saturated rings. The Hall–Kier alpha value is -4.00. The number of ether oxygens (including phenoxy) is 1. The third kappa shape index (κ3) is 6.28. The zero-order valence-electron chi connectivity index (χ0n) is 21.7. The van der Waals surface area contributed by atoms with Crippen LogP contribution in [0.25, 0.3) is 16.8 Å². The van der Waals surface area contributed by atoms with Gasteiger partial charge in [-0.1, -0.05) is 78.9 Å². The minimum absolute atomic E-state index is 0.0500. The van der Waals surface area contributed by atoms with Crippen molar-refractivity contribution >= 4 is 22.8 Å². The van der Waals surface area contributed by atoms with E-state index in [9.17, 15) is 4.79 Å². The van der Waals surface area contributed by atoms with Crippen molar-refractivity contribution in [1.82, 2.24) is 20.5 Å². The van der Waals surface area contributed by atoms with Gasteiger partial charge >= 0.3 is 0 Å². The van der Waals surface area contributed by atoms with Crippen molar-refractivity contribution in [2.75, 3.05) is 20.2 Å². The standard InChI is InChI=1S/C32H34N4O2/c1-38-31-16-15-26-13-5-6-14-28(26)29(31)22-34-27-19-30(32(37)35-21-25-11-7-17-33-20-25)36(23-27)18-8-12-24-9-3-2-4-10-24/h2-17,20,27,30,34H,18-19,21-23H2,1H3,(H,35,37)/b12-8+/t27-,30-/m0/s1. The van der Waals surface area contributed by atoms with Crippen LogP contribution in [0, 0.1) is 0 Å². The molecule has 2 atom stereocenters. The van der Waals surface area contributed by atoms with Gasteiger partial charge in [-0.05, 0) is 40.5 Å². The van der Waals surface area contributed by atoms with Gasteiger partial charge in [0.1, 0.15) is 5.75 Å².